The summed E-state index contributed by atoms with van der Waals surface area (Å²) in [5.74, 6) is 0. The van der Waals surface area contributed by atoms with E-state index in [-0.39, 0.29) is 11.0 Å². The molecule has 0 saturated heterocycles. The molecular weight excluding hydrogens is 180 g/mol. The molecule has 1 heterocycles. The molecule has 1 aromatic heterocycles. The summed E-state index contributed by atoms with van der Waals surface area (Å²) in [6.45, 7) is 11.1. The van der Waals surface area contributed by atoms with Crippen molar-refractivity contribution in [2.24, 2.45) is 5.41 Å². The lowest BCUT2D eigenvalue weighted by Gasteiger charge is -2.40. The van der Waals surface area contributed by atoms with Crippen molar-refractivity contribution in [1.82, 2.24) is 9.55 Å². The second-order valence-electron chi connectivity index (χ2n) is 4.94. The van der Waals surface area contributed by atoms with Crippen LogP contribution in [0.5, 0.6) is 0 Å². The van der Waals surface area contributed by atoms with E-state index in [1.54, 1.807) is 0 Å². The maximum absolute atomic E-state index is 5.21. The molecular formula is C10H18N2S. The van der Waals surface area contributed by atoms with Gasteiger partial charge in [-0.1, -0.05) is 20.8 Å². The summed E-state index contributed by atoms with van der Waals surface area (Å²) < 4.78 is 2.91. The summed E-state index contributed by atoms with van der Waals surface area (Å²) in [6, 6.07) is 0. The molecule has 0 radical (unpaired) electrons. The standard InChI is InChI=1S/C10H18N2S/c1-9(2,3)10(4,5)12-7-6-11-8(12)13/h6-7H,1-5H3,(H,11,13). The number of hydrogen-bond donors (Lipinski definition) is 1. The van der Waals surface area contributed by atoms with Gasteiger partial charge in [0.05, 0.1) is 0 Å². The van der Waals surface area contributed by atoms with Crippen molar-refractivity contribution in [3.05, 3.63) is 17.2 Å². The lowest BCUT2D eigenvalue weighted by molar-refractivity contribution is 0.138. The van der Waals surface area contributed by atoms with Crippen LogP contribution in [-0.2, 0) is 5.54 Å². The smallest absolute Gasteiger partial charge is 0.177 e. The molecule has 0 aliphatic carbocycles. The molecule has 3 heteroatoms. The fraction of sp³-hybridized carbons (Fsp3) is 0.700. The molecule has 0 amide bonds. The van der Waals surface area contributed by atoms with Gasteiger partial charge in [-0.05, 0) is 31.5 Å². The lowest BCUT2D eigenvalue weighted by Crippen LogP contribution is -2.39. The van der Waals surface area contributed by atoms with E-state index in [1.165, 1.54) is 0 Å². The van der Waals surface area contributed by atoms with Crippen LogP contribution in [0.25, 0.3) is 0 Å². The first-order valence-electron chi connectivity index (χ1n) is 4.53. The zero-order valence-corrected chi connectivity index (χ0v) is 9.83. The maximum atomic E-state index is 5.21. The van der Waals surface area contributed by atoms with Crippen LogP contribution in [-0.4, -0.2) is 9.55 Å². The Bertz CT molecular complexity index is 338. The summed E-state index contributed by atoms with van der Waals surface area (Å²) in [6.07, 6.45) is 3.89. The van der Waals surface area contributed by atoms with Gasteiger partial charge in [-0.15, -0.1) is 0 Å². The Morgan fingerprint density at radius 2 is 1.77 bits per heavy atom. The van der Waals surface area contributed by atoms with Crippen molar-refractivity contribution in [1.29, 1.82) is 0 Å². The van der Waals surface area contributed by atoms with Gasteiger partial charge in [0.2, 0.25) is 0 Å². The zero-order valence-electron chi connectivity index (χ0n) is 9.01. The largest absolute Gasteiger partial charge is 0.337 e. The summed E-state index contributed by atoms with van der Waals surface area (Å²) in [5, 5.41) is 0. The Balaban J connectivity index is 3.23. The number of aromatic nitrogens is 2. The highest BCUT2D eigenvalue weighted by Crippen LogP contribution is 2.36. The van der Waals surface area contributed by atoms with Crippen LogP contribution in [0.4, 0.5) is 0 Å². The number of rotatable bonds is 1. The predicted molar refractivity (Wildman–Crippen MR) is 58.4 cm³/mol. The Morgan fingerprint density at radius 1 is 1.23 bits per heavy atom. The average molecular weight is 198 g/mol. The molecule has 74 valence electrons. The summed E-state index contributed by atoms with van der Waals surface area (Å²) in [7, 11) is 0. The maximum Gasteiger partial charge on any atom is 0.177 e. The van der Waals surface area contributed by atoms with Crippen LogP contribution in [0.15, 0.2) is 12.4 Å². The van der Waals surface area contributed by atoms with E-state index in [1.807, 2.05) is 12.4 Å². The molecule has 0 atom stereocenters. The number of imidazole rings is 1. The van der Waals surface area contributed by atoms with Gasteiger partial charge in [0.25, 0.3) is 0 Å². The Morgan fingerprint density at radius 3 is 2.08 bits per heavy atom. The molecule has 0 aliphatic heterocycles. The SMILES string of the molecule is CC(C)(C)C(C)(C)n1cc[nH]c1=S. The first kappa shape index (κ1) is 10.5. The van der Waals surface area contributed by atoms with Crippen LogP contribution in [0, 0.1) is 10.2 Å². The number of aromatic amines is 1. The van der Waals surface area contributed by atoms with E-state index in [2.05, 4.69) is 44.2 Å². The second kappa shape index (κ2) is 2.98. The average Bonchev–Trinajstić information content (AvgIpc) is 2.32. The van der Waals surface area contributed by atoms with Crippen molar-refractivity contribution in [3.8, 4) is 0 Å². The Labute approximate surface area is 85.0 Å². The number of nitrogens with zero attached hydrogens (tertiary/aromatic N) is 1. The fourth-order valence-corrected chi connectivity index (χ4v) is 1.48. The van der Waals surface area contributed by atoms with E-state index in [0.717, 1.165) is 4.77 Å². The molecule has 0 spiro atoms. The van der Waals surface area contributed by atoms with Crippen LogP contribution >= 0.6 is 12.2 Å². The van der Waals surface area contributed by atoms with E-state index in [4.69, 9.17) is 12.2 Å². The van der Waals surface area contributed by atoms with Gasteiger partial charge in [0, 0.05) is 17.9 Å². The van der Waals surface area contributed by atoms with Gasteiger partial charge in [-0.2, -0.15) is 0 Å². The third-order valence-corrected chi connectivity index (χ3v) is 3.40. The van der Waals surface area contributed by atoms with E-state index < -0.39 is 0 Å². The second-order valence-corrected chi connectivity index (χ2v) is 5.33. The van der Waals surface area contributed by atoms with Crippen LogP contribution < -0.4 is 0 Å². The van der Waals surface area contributed by atoms with Crippen LogP contribution in [0.1, 0.15) is 34.6 Å². The van der Waals surface area contributed by atoms with E-state index in [9.17, 15) is 0 Å². The molecule has 1 aromatic rings. The summed E-state index contributed by atoms with van der Waals surface area (Å²) in [5.41, 5.74) is 0.220. The highest BCUT2D eigenvalue weighted by molar-refractivity contribution is 7.71. The number of H-pyrrole nitrogens is 1. The normalized spacial score (nSPS) is 13.3. The molecule has 0 aliphatic rings. The summed E-state index contributed by atoms with van der Waals surface area (Å²) in [4.78, 5) is 3.02. The first-order valence-corrected chi connectivity index (χ1v) is 4.94. The minimum atomic E-state index is 0.0318. The topological polar surface area (TPSA) is 20.7 Å². The van der Waals surface area contributed by atoms with Crippen molar-refractivity contribution in [3.63, 3.8) is 0 Å². The summed E-state index contributed by atoms with van der Waals surface area (Å²) >= 11 is 5.21. The van der Waals surface area contributed by atoms with Gasteiger partial charge in [0.15, 0.2) is 4.77 Å². The molecule has 0 saturated carbocycles. The van der Waals surface area contributed by atoms with Gasteiger partial charge < -0.3 is 9.55 Å². The quantitative estimate of drug-likeness (QED) is 0.686. The molecule has 0 bridgehead atoms. The fourth-order valence-electron chi connectivity index (χ4n) is 1.12. The molecule has 13 heavy (non-hydrogen) atoms. The molecule has 2 nitrogen and oxygen atoms in total. The third-order valence-electron chi connectivity index (χ3n) is 3.09. The van der Waals surface area contributed by atoms with E-state index >= 15 is 0 Å². The van der Waals surface area contributed by atoms with Crippen molar-refractivity contribution in [2.75, 3.05) is 0 Å². The lowest BCUT2D eigenvalue weighted by atomic mass is 9.76. The zero-order chi connectivity index (χ0) is 10.3. The molecule has 0 aromatic carbocycles. The van der Waals surface area contributed by atoms with Crippen molar-refractivity contribution < 1.29 is 0 Å². The Hall–Kier alpha value is -0.570. The van der Waals surface area contributed by atoms with Crippen LogP contribution in [0.3, 0.4) is 0 Å². The number of nitrogens with one attached hydrogen (secondary N) is 1. The minimum absolute atomic E-state index is 0.0318. The molecule has 0 fully saturated rings. The minimum Gasteiger partial charge on any atom is -0.337 e. The van der Waals surface area contributed by atoms with Crippen molar-refractivity contribution in [2.45, 2.75) is 40.2 Å². The highest BCUT2D eigenvalue weighted by atomic mass is 32.1. The monoisotopic (exact) mass is 198 g/mol. The first-order chi connectivity index (χ1) is 5.77. The van der Waals surface area contributed by atoms with E-state index in [0.29, 0.717) is 0 Å². The van der Waals surface area contributed by atoms with Gasteiger partial charge in [-0.25, -0.2) is 0 Å². The van der Waals surface area contributed by atoms with Gasteiger partial charge >= 0.3 is 0 Å². The van der Waals surface area contributed by atoms with Gasteiger partial charge in [0.1, 0.15) is 0 Å². The highest BCUT2D eigenvalue weighted by Gasteiger charge is 2.34. The predicted octanol–water partition coefficient (Wildman–Crippen LogP) is 3.33. The van der Waals surface area contributed by atoms with Gasteiger partial charge in [-0.3, -0.25) is 0 Å². The number of hydrogen-bond acceptors (Lipinski definition) is 1. The molecule has 1 rings (SSSR count). The molecule has 1 N–H and O–H groups in total. The van der Waals surface area contributed by atoms with Crippen LogP contribution in [0.2, 0.25) is 0 Å². The third kappa shape index (κ3) is 1.70. The van der Waals surface area contributed by atoms with Crippen molar-refractivity contribution >= 4 is 12.2 Å². The molecule has 0 unspecified atom stereocenters. The Kier molecular flexibility index (Phi) is 2.41.